The zero-order valence-electron chi connectivity index (χ0n) is 8.99. The fourth-order valence-electron chi connectivity index (χ4n) is 1.55. The number of hydrogen-bond donors (Lipinski definition) is 2. The van der Waals surface area contributed by atoms with Gasteiger partial charge in [0.25, 0.3) is 0 Å². The monoisotopic (exact) mass is 200 g/mol. The van der Waals surface area contributed by atoms with Crippen LogP contribution in [0.2, 0.25) is 0 Å². The second-order valence-electron chi connectivity index (χ2n) is 4.15. The Labute approximate surface area is 85.1 Å². The Morgan fingerprint density at radius 1 is 1.36 bits per heavy atom. The Hall–Kier alpha value is -0.810. The van der Waals surface area contributed by atoms with Crippen molar-refractivity contribution in [3.8, 4) is 0 Å². The molecular formula is C9H20N4O. The molecular weight excluding hydrogens is 180 g/mol. The molecule has 0 aromatic heterocycles. The van der Waals surface area contributed by atoms with Crippen LogP contribution in [-0.2, 0) is 4.74 Å². The van der Waals surface area contributed by atoms with Crippen LogP contribution in [0.25, 0.3) is 0 Å². The molecule has 0 radical (unpaired) electrons. The zero-order valence-corrected chi connectivity index (χ0v) is 8.99. The summed E-state index contributed by atoms with van der Waals surface area (Å²) in [6.07, 6.45) is 0. The first-order chi connectivity index (χ1) is 6.52. The molecule has 0 spiro atoms. The van der Waals surface area contributed by atoms with Gasteiger partial charge in [-0.05, 0) is 13.8 Å². The summed E-state index contributed by atoms with van der Waals surface area (Å²) in [6, 6.07) is 0. The Balaban J connectivity index is 2.49. The molecule has 1 saturated heterocycles. The minimum Gasteiger partial charge on any atom is -0.379 e. The van der Waals surface area contributed by atoms with Crippen molar-refractivity contribution in [1.82, 2.24) is 4.90 Å². The van der Waals surface area contributed by atoms with Crippen molar-refractivity contribution >= 4 is 5.96 Å². The molecule has 14 heavy (non-hydrogen) atoms. The minimum absolute atomic E-state index is 0.00771. The molecule has 0 bridgehead atoms. The van der Waals surface area contributed by atoms with E-state index in [-0.39, 0.29) is 11.5 Å². The van der Waals surface area contributed by atoms with E-state index >= 15 is 0 Å². The van der Waals surface area contributed by atoms with E-state index in [0.717, 1.165) is 26.3 Å². The summed E-state index contributed by atoms with van der Waals surface area (Å²) >= 11 is 0. The molecule has 82 valence electrons. The van der Waals surface area contributed by atoms with Gasteiger partial charge in [0.05, 0.1) is 19.8 Å². The lowest BCUT2D eigenvalue weighted by Gasteiger charge is -2.39. The van der Waals surface area contributed by atoms with Crippen LogP contribution < -0.4 is 11.5 Å². The Morgan fingerprint density at radius 2 is 1.93 bits per heavy atom. The lowest BCUT2D eigenvalue weighted by molar-refractivity contribution is -0.00681. The predicted octanol–water partition coefficient (Wildman–Crippen LogP) is -0.629. The molecule has 1 aliphatic heterocycles. The maximum Gasteiger partial charge on any atom is 0.185 e. The quantitative estimate of drug-likeness (QED) is 0.470. The number of nitrogens with two attached hydrogens (primary N) is 2. The highest BCUT2D eigenvalue weighted by Gasteiger charge is 2.27. The molecule has 5 nitrogen and oxygen atoms in total. The van der Waals surface area contributed by atoms with Crippen molar-refractivity contribution in [1.29, 1.82) is 0 Å². The molecule has 5 heteroatoms. The standard InChI is InChI=1S/C9H20N4O/c1-9(2,7-12-8(10)11)13-3-5-14-6-4-13/h3-7H2,1-2H3,(H4,10,11,12). The van der Waals surface area contributed by atoms with E-state index in [4.69, 9.17) is 16.2 Å². The Morgan fingerprint density at radius 3 is 2.43 bits per heavy atom. The highest BCUT2D eigenvalue weighted by molar-refractivity contribution is 5.75. The third-order valence-corrected chi connectivity index (χ3v) is 2.52. The van der Waals surface area contributed by atoms with Gasteiger partial charge in [0, 0.05) is 18.6 Å². The fourth-order valence-corrected chi connectivity index (χ4v) is 1.55. The zero-order chi connectivity index (χ0) is 10.6. The van der Waals surface area contributed by atoms with Gasteiger partial charge in [0.2, 0.25) is 0 Å². The number of rotatable bonds is 3. The van der Waals surface area contributed by atoms with E-state index in [0.29, 0.717) is 6.54 Å². The lowest BCUT2D eigenvalue weighted by atomic mass is 10.0. The third-order valence-electron chi connectivity index (χ3n) is 2.52. The molecule has 0 saturated carbocycles. The largest absolute Gasteiger partial charge is 0.379 e. The van der Waals surface area contributed by atoms with Crippen LogP contribution in [0.1, 0.15) is 13.8 Å². The first-order valence-corrected chi connectivity index (χ1v) is 4.90. The highest BCUT2D eigenvalue weighted by atomic mass is 16.5. The van der Waals surface area contributed by atoms with E-state index < -0.39 is 0 Å². The molecule has 1 heterocycles. The van der Waals surface area contributed by atoms with Crippen molar-refractivity contribution in [2.45, 2.75) is 19.4 Å². The highest BCUT2D eigenvalue weighted by Crippen LogP contribution is 2.16. The second kappa shape index (κ2) is 4.61. The van der Waals surface area contributed by atoms with Crippen LogP contribution in [0, 0.1) is 0 Å². The van der Waals surface area contributed by atoms with Gasteiger partial charge in [-0.3, -0.25) is 9.89 Å². The molecule has 1 rings (SSSR count). The maximum atomic E-state index is 5.31. The minimum atomic E-state index is 0.00771. The van der Waals surface area contributed by atoms with Gasteiger partial charge in [-0.25, -0.2) is 0 Å². The molecule has 0 aromatic rings. The van der Waals surface area contributed by atoms with Gasteiger partial charge < -0.3 is 16.2 Å². The molecule has 0 unspecified atom stereocenters. The predicted molar refractivity (Wildman–Crippen MR) is 57.1 cm³/mol. The topological polar surface area (TPSA) is 76.9 Å². The average molecular weight is 200 g/mol. The first-order valence-electron chi connectivity index (χ1n) is 4.90. The second-order valence-corrected chi connectivity index (χ2v) is 4.15. The molecule has 1 aliphatic rings. The van der Waals surface area contributed by atoms with Crippen LogP contribution in [-0.4, -0.2) is 49.2 Å². The van der Waals surface area contributed by atoms with Crippen molar-refractivity contribution in [2.24, 2.45) is 16.5 Å². The third kappa shape index (κ3) is 3.16. The molecule has 0 aliphatic carbocycles. The molecule has 4 N–H and O–H groups in total. The summed E-state index contributed by atoms with van der Waals surface area (Å²) in [5.41, 5.74) is 10.6. The number of nitrogens with zero attached hydrogens (tertiary/aromatic N) is 2. The summed E-state index contributed by atoms with van der Waals surface area (Å²) in [6.45, 7) is 8.42. The summed E-state index contributed by atoms with van der Waals surface area (Å²) < 4.78 is 5.29. The van der Waals surface area contributed by atoms with E-state index in [1.54, 1.807) is 0 Å². The Kier molecular flexibility index (Phi) is 3.71. The average Bonchev–Trinajstić information content (AvgIpc) is 2.16. The molecule has 1 fully saturated rings. The van der Waals surface area contributed by atoms with Crippen molar-refractivity contribution in [2.75, 3.05) is 32.8 Å². The van der Waals surface area contributed by atoms with Crippen LogP contribution in [0.3, 0.4) is 0 Å². The van der Waals surface area contributed by atoms with Gasteiger partial charge in [-0.15, -0.1) is 0 Å². The fraction of sp³-hybridized carbons (Fsp3) is 0.889. The van der Waals surface area contributed by atoms with E-state index in [1.165, 1.54) is 0 Å². The Bertz CT molecular complexity index is 205. The van der Waals surface area contributed by atoms with Crippen molar-refractivity contribution < 1.29 is 4.74 Å². The summed E-state index contributed by atoms with van der Waals surface area (Å²) in [5, 5.41) is 0. The summed E-state index contributed by atoms with van der Waals surface area (Å²) in [4.78, 5) is 6.41. The normalized spacial score (nSPS) is 19.3. The number of aliphatic imine (C=N–C) groups is 1. The van der Waals surface area contributed by atoms with E-state index in [9.17, 15) is 0 Å². The van der Waals surface area contributed by atoms with Crippen LogP contribution in [0.5, 0.6) is 0 Å². The van der Waals surface area contributed by atoms with Crippen LogP contribution >= 0.6 is 0 Å². The number of ether oxygens (including phenoxy) is 1. The van der Waals surface area contributed by atoms with Crippen LogP contribution in [0.15, 0.2) is 4.99 Å². The van der Waals surface area contributed by atoms with E-state index in [2.05, 4.69) is 23.7 Å². The van der Waals surface area contributed by atoms with Crippen molar-refractivity contribution in [3.63, 3.8) is 0 Å². The van der Waals surface area contributed by atoms with Crippen LogP contribution in [0.4, 0.5) is 0 Å². The van der Waals surface area contributed by atoms with Gasteiger partial charge in [0.1, 0.15) is 0 Å². The SMILES string of the molecule is CC(C)(CN=C(N)N)N1CCOCC1. The van der Waals surface area contributed by atoms with Gasteiger partial charge >= 0.3 is 0 Å². The van der Waals surface area contributed by atoms with Gasteiger partial charge in [-0.1, -0.05) is 0 Å². The van der Waals surface area contributed by atoms with Gasteiger partial charge in [-0.2, -0.15) is 0 Å². The summed E-state index contributed by atoms with van der Waals surface area (Å²) in [7, 11) is 0. The van der Waals surface area contributed by atoms with E-state index in [1.807, 2.05) is 0 Å². The smallest absolute Gasteiger partial charge is 0.185 e. The number of hydrogen-bond acceptors (Lipinski definition) is 3. The first kappa shape index (κ1) is 11.3. The lowest BCUT2D eigenvalue weighted by Crippen LogP contribution is -2.52. The number of morpholine rings is 1. The van der Waals surface area contributed by atoms with Crippen molar-refractivity contribution in [3.05, 3.63) is 0 Å². The number of guanidine groups is 1. The maximum absolute atomic E-state index is 5.31. The van der Waals surface area contributed by atoms with Gasteiger partial charge in [0.15, 0.2) is 5.96 Å². The molecule has 0 atom stereocenters. The molecule has 0 aromatic carbocycles. The summed E-state index contributed by atoms with van der Waals surface area (Å²) in [5.74, 6) is 0.159. The molecule has 0 amide bonds.